The molecular formula is C8H11N2. The SMILES string of the molecule is CNC(N)c1cc[c]cc1. The average Bonchev–Trinajstić information content (AvgIpc) is 2.05. The van der Waals surface area contributed by atoms with Crippen LogP contribution < -0.4 is 11.1 Å². The second kappa shape index (κ2) is 3.34. The molecule has 0 aliphatic rings. The molecule has 1 rings (SSSR count). The first-order valence-corrected chi connectivity index (χ1v) is 3.23. The lowest BCUT2D eigenvalue weighted by atomic mass is 10.2. The predicted octanol–water partition coefficient (Wildman–Crippen LogP) is 0.663. The molecule has 10 heavy (non-hydrogen) atoms. The Morgan fingerprint density at radius 3 is 2.60 bits per heavy atom. The molecule has 0 saturated carbocycles. The van der Waals surface area contributed by atoms with Gasteiger partial charge in [-0.05, 0) is 18.7 Å². The molecule has 0 fully saturated rings. The summed E-state index contributed by atoms with van der Waals surface area (Å²) >= 11 is 0. The molecule has 0 saturated heterocycles. The predicted molar refractivity (Wildman–Crippen MR) is 41.3 cm³/mol. The van der Waals surface area contributed by atoms with Crippen LogP contribution >= 0.6 is 0 Å². The van der Waals surface area contributed by atoms with E-state index in [2.05, 4.69) is 11.4 Å². The topological polar surface area (TPSA) is 38.0 Å². The lowest BCUT2D eigenvalue weighted by molar-refractivity contribution is 0.622. The van der Waals surface area contributed by atoms with E-state index < -0.39 is 0 Å². The van der Waals surface area contributed by atoms with Crippen molar-refractivity contribution in [3.05, 3.63) is 35.9 Å². The fourth-order valence-electron chi connectivity index (χ4n) is 0.774. The van der Waals surface area contributed by atoms with Crippen molar-refractivity contribution in [2.45, 2.75) is 6.17 Å². The largest absolute Gasteiger partial charge is 0.312 e. The summed E-state index contributed by atoms with van der Waals surface area (Å²) in [7, 11) is 1.83. The molecule has 0 aliphatic heterocycles. The van der Waals surface area contributed by atoms with E-state index in [1.165, 1.54) is 0 Å². The number of nitrogens with one attached hydrogen (secondary N) is 1. The Labute approximate surface area is 61.1 Å². The zero-order valence-corrected chi connectivity index (χ0v) is 5.96. The van der Waals surface area contributed by atoms with Crippen molar-refractivity contribution in [3.8, 4) is 0 Å². The zero-order valence-electron chi connectivity index (χ0n) is 5.96. The number of hydrogen-bond acceptors (Lipinski definition) is 2. The van der Waals surface area contributed by atoms with Crippen molar-refractivity contribution >= 4 is 0 Å². The molecular weight excluding hydrogens is 124 g/mol. The van der Waals surface area contributed by atoms with Gasteiger partial charge < -0.3 is 11.1 Å². The van der Waals surface area contributed by atoms with Gasteiger partial charge in [0.2, 0.25) is 0 Å². The normalized spacial score (nSPS) is 13.0. The second-order valence-corrected chi connectivity index (χ2v) is 2.10. The molecule has 0 spiro atoms. The van der Waals surface area contributed by atoms with Gasteiger partial charge in [0.05, 0.1) is 6.17 Å². The smallest absolute Gasteiger partial charge is 0.0807 e. The van der Waals surface area contributed by atoms with Gasteiger partial charge in [-0.1, -0.05) is 24.3 Å². The molecule has 3 N–H and O–H groups in total. The van der Waals surface area contributed by atoms with Gasteiger partial charge in [-0.2, -0.15) is 0 Å². The Balaban J connectivity index is 2.75. The summed E-state index contributed by atoms with van der Waals surface area (Å²) in [4.78, 5) is 0. The van der Waals surface area contributed by atoms with Crippen LogP contribution in [0, 0.1) is 6.07 Å². The first kappa shape index (κ1) is 7.25. The third-order valence-electron chi connectivity index (χ3n) is 1.41. The van der Waals surface area contributed by atoms with Crippen molar-refractivity contribution in [1.29, 1.82) is 0 Å². The quantitative estimate of drug-likeness (QED) is 0.585. The van der Waals surface area contributed by atoms with Gasteiger partial charge in [-0.3, -0.25) is 0 Å². The minimum absolute atomic E-state index is 0.0606. The van der Waals surface area contributed by atoms with Crippen molar-refractivity contribution in [2.75, 3.05) is 7.05 Å². The highest BCUT2D eigenvalue weighted by atomic mass is 15.0. The van der Waals surface area contributed by atoms with Crippen LogP contribution in [0.4, 0.5) is 0 Å². The maximum atomic E-state index is 5.67. The maximum absolute atomic E-state index is 5.67. The molecule has 0 bridgehead atoms. The Morgan fingerprint density at radius 1 is 1.50 bits per heavy atom. The van der Waals surface area contributed by atoms with Gasteiger partial charge >= 0.3 is 0 Å². The monoisotopic (exact) mass is 135 g/mol. The maximum Gasteiger partial charge on any atom is 0.0807 e. The summed E-state index contributed by atoms with van der Waals surface area (Å²) in [6.45, 7) is 0. The fraction of sp³-hybridized carbons (Fsp3) is 0.250. The van der Waals surface area contributed by atoms with Gasteiger partial charge in [0.15, 0.2) is 0 Å². The van der Waals surface area contributed by atoms with Gasteiger partial charge in [0.1, 0.15) is 0 Å². The van der Waals surface area contributed by atoms with Crippen LogP contribution in [0.3, 0.4) is 0 Å². The summed E-state index contributed by atoms with van der Waals surface area (Å²) < 4.78 is 0. The highest BCUT2D eigenvalue weighted by Crippen LogP contribution is 2.03. The van der Waals surface area contributed by atoms with Gasteiger partial charge in [-0.15, -0.1) is 0 Å². The number of rotatable bonds is 2. The molecule has 1 aromatic rings. The van der Waals surface area contributed by atoms with Crippen LogP contribution in [0.5, 0.6) is 0 Å². The second-order valence-electron chi connectivity index (χ2n) is 2.10. The molecule has 0 aromatic heterocycles. The molecule has 2 heteroatoms. The molecule has 53 valence electrons. The van der Waals surface area contributed by atoms with Crippen LogP contribution in [-0.2, 0) is 0 Å². The summed E-state index contributed by atoms with van der Waals surface area (Å²) in [5.74, 6) is 0. The van der Waals surface area contributed by atoms with E-state index in [1.807, 2.05) is 31.3 Å². The third-order valence-corrected chi connectivity index (χ3v) is 1.41. The van der Waals surface area contributed by atoms with E-state index in [4.69, 9.17) is 5.73 Å². The van der Waals surface area contributed by atoms with Crippen molar-refractivity contribution < 1.29 is 0 Å². The zero-order chi connectivity index (χ0) is 7.40. The third kappa shape index (κ3) is 1.56. The van der Waals surface area contributed by atoms with Crippen LogP contribution in [0.2, 0.25) is 0 Å². The van der Waals surface area contributed by atoms with Gasteiger partial charge in [-0.25, -0.2) is 0 Å². The average molecular weight is 135 g/mol. The van der Waals surface area contributed by atoms with Crippen molar-refractivity contribution in [3.63, 3.8) is 0 Å². The molecule has 0 aliphatic carbocycles. The molecule has 1 unspecified atom stereocenters. The highest BCUT2D eigenvalue weighted by molar-refractivity contribution is 5.16. The number of nitrogens with two attached hydrogens (primary N) is 1. The van der Waals surface area contributed by atoms with Crippen LogP contribution in [0.15, 0.2) is 24.3 Å². The molecule has 1 aromatic carbocycles. The summed E-state index contributed by atoms with van der Waals surface area (Å²) in [6.07, 6.45) is -0.0606. The molecule has 0 amide bonds. The van der Waals surface area contributed by atoms with Crippen LogP contribution in [0.1, 0.15) is 11.7 Å². The Bertz CT molecular complexity index is 184. The van der Waals surface area contributed by atoms with E-state index in [-0.39, 0.29) is 6.17 Å². The Kier molecular flexibility index (Phi) is 2.42. The minimum Gasteiger partial charge on any atom is -0.312 e. The van der Waals surface area contributed by atoms with E-state index in [0.717, 1.165) is 5.56 Å². The van der Waals surface area contributed by atoms with Crippen LogP contribution in [0.25, 0.3) is 0 Å². The van der Waals surface area contributed by atoms with E-state index >= 15 is 0 Å². The summed E-state index contributed by atoms with van der Waals surface area (Å²) in [6, 6.07) is 10.5. The van der Waals surface area contributed by atoms with Crippen molar-refractivity contribution in [2.24, 2.45) is 5.73 Å². The Hall–Kier alpha value is -0.860. The van der Waals surface area contributed by atoms with Crippen LogP contribution in [-0.4, -0.2) is 7.05 Å². The first-order valence-electron chi connectivity index (χ1n) is 3.23. The molecule has 1 atom stereocenters. The molecule has 2 nitrogen and oxygen atoms in total. The van der Waals surface area contributed by atoms with E-state index in [0.29, 0.717) is 0 Å². The first-order chi connectivity index (χ1) is 4.84. The van der Waals surface area contributed by atoms with Gasteiger partial charge in [0, 0.05) is 0 Å². The molecule has 1 radical (unpaired) electrons. The Morgan fingerprint density at radius 2 is 2.10 bits per heavy atom. The fourth-order valence-corrected chi connectivity index (χ4v) is 0.774. The summed E-state index contributed by atoms with van der Waals surface area (Å²) in [5, 5.41) is 2.95. The van der Waals surface area contributed by atoms with E-state index in [1.54, 1.807) is 0 Å². The standard InChI is InChI=1S/C8H11N2/c1-10-8(9)7-5-3-2-4-6-7/h3-6,8,10H,9H2,1H3. The van der Waals surface area contributed by atoms with Crippen molar-refractivity contribution in [1.82, 2.24) is 5.32 Å². The lowest BCUT2D eigenvalue weighted by Crippen LogP contribution is -2.24. The lowest BCUT2D eigenvalue weighted by Gasteiger charge is -2.08. The molecule has 0 heterocycles. The highest BCUT2D eigenvalue weighted by Gasteiger charge is 1.98. The van der Waals surface area contributed by atoms with Gasteiger partial charge in [0.25, 0.3) is 0 Å². The van der Waals surface area contributed by atoms with E-state index in [9.17, 15) is 0 Å². The minimum atomic E-state index is -0.0606. The number of benzene rings is 1. The summed E-state index contributed by atoms with van der Waals surface area (Å²) in [5.41, 5.74) is 6.75. The number of hydrogen-bond donors (Lipinski definition) is 2.